The Morgan fingerprint density at radius 2 is 1.84 bits per heavy atom. The Morgan fingerprint density at radius 3 is 2.64 bits per heavy atom. The maximum absolute atomic E-state index is 5.96. The van der Waals surface area contributed by atoms with E-state index in [1.54, 1.807) is 0 Å². The van der Waals surface area contributed by atoms with Crippen LogP contribution in [0.25, 0.3) is 11.1 Å². The first-order valence-corrected chi connectivity index (χ1v) is 9.51. The van der Waals surface area contributed by atoms with E-state index in [0.29, 0.717) is 29.5 Å². The highest BCUT2D eigenvalue weighted by Crippen LogP contribution is 2.35. The molecule has 0 saturated heterocycles. The molecule has 1 saturated carbocycles. The molecular weight excluding hydrogens is 382 g/mol. The van der Waals surface area contributed by atoms with Crippen molar-refractivity contribution in [1.82, 2.24) is 4.98 Å². The van der Waals surface area contributed by atoms with Crippen LogP contribution in [0.5, 0.6) is 11.8 Å². The van der Waals surface area contributed by atoms with Gasteiger partial charge >= 0.3 is 6.08 Å². The summed E-state index contributed by atoms with van der Waals surface area (Å²) in [6.07, 6.45) is 6.37. The van der Waals surface area contributed by atoms with E-state index >= 15 is 0 Å². The lowest BCUT2D eigenvalue weighted by Gasteiger charge is -2.20. The molecule has 0 radical (unpaired) electrons. The van der Waals surface area contributed by atoms with Crippen LogP contribution >= 0.6 is 15.9 Å². The molecule has 1 heterocycles. The average molecular weight is 402 g/mol. The second-order valence-electron chi connectivity index (χ2n) is 6.36. The summed E-state index contributed by atoms with van der Waals surface area (Å²) in [5.41, 5.74) is 2.47. The van der Waals surface area contributed by atoms with Gasteiger partial charge in [0, 0.05) is 0 Å². The second-order valence-corrected chi connectivity index (χ2v) is 7.21. The first kappa shape index (κ1) is 16.5. The van der Waals surface area contributed by atoms with E-state index in [1.807, 2.05) is 42.5 Å². The van der Waals surface area contributed by atoms with Crippen molar-refractivity contribution in [3.63, 3.8) is 0 Å². The van der Waals surface area contributed by atoms with Crippen LogP contribution in [0.1, 0.15) is 37.7 Å². The zero-order valence-electron chi connectivity index (χ0n) is 13.9. The molecule has 5 heteroatoms. The van der Waals surface area contributed by atoms with E-state index in [9.17, 15) is 0 Å². The smallest absolute Gasteiger partial charge is 0.395 e. The maximum Gasteiger partial charge on any atom is 0.395 e. The van der Waals surface area contributed by atoms with Gasteiger partial charge in [-0.15, -0.1) is 0 Å². The fourth-order valence-corrected chi connectivity index (χ4v) is 3.56. The van der Waals surface area contributed by atoms with Gasteiger partial charge in [-0.1, -0.05) is 36.8 Å². The number of aromatic nitrogens is 1. The summed E-state index contributed by atoms with van der Waals surface area (Å²) >= 11 is 3.52. The van der Waals surface area contributed by atoms with Crippen molar-refractivity contribution in [2.24, 2.45) is 0 Å². The fraction of sp³-hybridized carbons (Fsp3) is 0.350. The Balaban J connectivity index is 1.56. The Bertz CT molecular complexity index is 841. The molecule has 1 fully saturated rings. The summed E-state index contributed by atoms with van der Waals surface area (Å²) in [7, 11) is 0. The van der Waals surface area contributed by atoms with E-state index in [1.165, 1.54) is 19.3 Å². The Labute approximate surface area is 155 Å². The first-order chi connectivity index (χ1) is 12.3. The molecule has 4 rings (SSSR count). The molecule has 0 atom stereocenters. The Hall–Kier alpha value is -2.01. The van der Waals surface area contributed by atoms with Gasteiger partial charge in [-0.3, -0.25) is 0 Å². The number of benzene rings is 2. The number of oxazole rings is 1. The van der Waals surface area contributed by atoms with Crippen LogP contribution in [-0.2, 0) is 6.61 Å². The summed E-state index contributed by atoms with van der Waals surface area (Å²) < 4.78 is 18.6. The molecule has 1 aromatic heterocycles. The zero-order chi connectivity index (χ0) is 17.1. The summed E-state index contributed by atoms with van der Waals surface area (Å²) in [5.74, 6) is 0.698. The predicted octanol–water partition coefficient (Wildman–Crippen LogP) is 5.88. The van der Waals surface area contributed by atoms with Crippen LogP contribution in [-0.4, -0.2) is 11.1 Å². The normalized spacial score (nSPS) is 15.4. The molecule has 0 spiro atoms. The number of hydrogen-bond donors (Lipinski definition) is 0. The van der Waals surface area contributed by atoms with E-state index in [-0.39, 0.29) is 6.10 Å². The van der Waals surface area contributed by atoms with Crippen LogP contribution in [0.2, 0.25) is 0 Å². The molecule has 0 bridgehead atoms. The molecular formula is C20H20BrNO3. The van der Waals surface area contributed by atoms with Crippen molar-refractivity contribution in [2.75, 3.05) is 0 Å². The highest BCUT2D eigenvalue weighted by molar-refractivity contribution is 9.10. The van der Waals surface area contributed by atoms with Crippen molar-refractivity contribution in [3.8, 4) is 11.8 Å². The lowest BCUT2D eigenvalue weighted by atomic mass is 9.98. The van der Waals surface area contributed by atoms with Gasteiger partial charge in [0.2, 0.25) is 0 Å². The third-order valence-corrected chi connectivity index (χ3v) is 5.12. The van der Waals surface area contributed by atoms with E-state index in [2.05, 4.69) is 20.9 Å². The molecule has 130 valence electrons. The van der Waals surface area contributed by atoms with E-state index in [0.717, 1.165) is 22.9 Å². The lowest BCUT2D eigenvalue weighted by Crippen LogP contribution is -2.19. The molecule has 1 aliphatic carbocycles. The van der Waals surface area contributed by atoms with Crippen LogP contribution in [0.3, 0.4) is 0 Å². The van der Waals surface area contributed by atoms with Crippen molar-refractivity contribution in [2.45, 2.75) is 44.8 Å². The minimum absolute atomic E-state index is 0.203. The van der Waals surface area contributed by atoms with Crippen molar-refractivity contribution in [3.05, 3.63) is 52.5 Å². The average Bonchev–Trinajstić information content (AvgIpc) is 3.08. The summed E-state index contributed by atoms with van der Waals surface area (Å²) in [4.78, 5) is 4.54. The molecule has 25 heavy (non-hydrogen) atoms. The van der Waals surface area contributed by atoms with Gasteiger partial charge in [0.15, 0.2) is 11.1 Å². The minimum atomic E-state index is 0.203. The maximum atomic E-state index is 5.96. The molecule has 3 aromatic rings. The molecule has 4 nitrogen and oxygen atoms in total. The minimum Gasteiger partial charge on any atom is -0.486 e. The predicted molar refractivity (Wildman–Crippen MR) is 100.0 cm³/mol. The highest BCUT2D eigenvalue weighted by Gasteiger charge is 2.20. The zero-order valence-corrected chi connectivity index (χ0v) is 15.5. The van der Waals surface area contributed by atoms with Gasteiger partial charge in [0.1, 0.15) is 18.5 Å². The van der Waals surface area contributed by atoms with Gasteiger partial charge in [-0.05, 0) is 59.3 Å². The van der Waals surface area contributed by atoms with Crippen molar-refractivity contribution in [1.29, 1.82) is 0 Å². The van der Waals surface area contributed by atoms with E-state index < -0.39 is 0 Å². The molecule has 0 amide bonds. The number of halogens is 1. The second kappa shape index (κ2) is 7.48. The van der Waals surface area contributed by atoms with Crippen LogP contribution in [0.15, 0.2) is 51.4 Å². The standard InChI is InChI=1S/C20H20BrNO3/c21-16-11-12-17(23-13-14-7-3-1-4-8-14)18-19(16)25-20(22-18)24-15-9-5-2-6-10-15/h1,3-4,7-8,11-12,15H,2,5-6,9-10,13H2. The Morgan fingerprint density at radius 1 is 1.04 bits per heavy atom. The highest BCUT2D eigenvalue weighted by atomic mass is 79.9. The molecule has 2 aromatic carbocycles. The van der Waals surface area contributed by atoms with Gasteiger partial charge in [-0.25, -0.2) is 0 Å². The van der Waals surface area contributed by atoms with Crippen molar-refractivity contribution < 1.29 is 13.9 Å². The van der Waals surface area contributed by atoms with E-state index in [4.69, 9.17) is 13.9 Å². The quantitative estimate of drug-likeness (QED) is 0.535. The number of hydrogen-bond acceptors (Lipinski definition) is 4. The van der Waals surface area contributed by atoms with Crippen LogP contribution < -0.4 is 9.47 Å². The van der Waals surface area contributed by atoms with Gasteiger partial charge in [-0.2, -0.15) is 4.98 Å². The van der Waals surface area contributed by atoms with Gasteiger partial charge in [0.05, 0.1) is 4.47 Å². The van der Waals surface area contributed by atoms with Gasteiger partial charge < -0.3 is 13.9 Å². The molecule has 0 N–H and O–H groups in total. The Kier molecular flexibility index (Phi) is 4.92. The topological polar surface area (TPSA) is 44.5 Å². The monoisotopic (exact) mass is 401 g/mol. The van der Waals surface area contributed by atoms with Gasteiger partial charge in [0.25, 0.3) is 0 Å². The lowest BCUT2D eigenvalue weighted by molar-refractivity contribution is 0.115. The number of rotatable bonds is 5. The fourth-order valence-electron chi connectivity index (χ4n) is 3.16. The molecule has 0 aliphatic heterocycles. The largest absolute Gasteiger partial charge is 0.486 e. The first-order valence-electron chi connectivity index (χ1n) is 8.72. The number of fused-ring (bicyclic) bond motifs is 1. The molecule has 0 unspecified atom stereocenters. The van der Waals surface area contributed by atoms with Crippen LogP contribution in [0, 0.1) is 0 Å². The third kappa shape index (κ3) is 3.82. The number of nitrogens with zero attached hydrogens (tertiary/aromatic N) is 1. The summed E-state index contributed by atoms with van der Waals surface area (Å²) in [6, 6.07) is 13.9. The number of ether oxygens (including phenoxy) is 2. The summed E-state index contributed by atoms with van der Waals surface area (Å²) in [6.45, 7) is 0.489. The third-order valence-electron chi connectivity index (χ3n) is 4.50. The molecule has 1 aliphatic rings. The van der Waals surface area contributed by atoms with Crippen molar-refractivity contribution >= 4 is 27.0 Å². The SMILES string of the molecule is Brc1ccc(OCc2ccccc2)c2nc(OC3CCCCC3)oc12. The van der Waals surface area contributed by atoms with Crippen LogP contribution in [0.4, 0.5) is 0 Å². The summed E-state index contributed by atoms with van der Waals surface area (Å²) in [5, 5.41) is 0.